The molecule has 0 aliphatic carbocycles. The zero-order valence-corrected chi connectivity index (χ0v) is 14.3. The maximum atomic E-state index is 10.1. The topological polar surface area (TPSA) is 56.1 Å². The largest absolute Gasteiger partial charge is 0.463 e. The molecule has 1 rings (SSSR count). The Balaban J connectivity index is -0.000000260. The van der Waals surface area contributed by atoms with Gasteiger partial charge in [-0.15, -0.1) is 0 Å². The van der Waals surface area contributed by atoms with Gasteiger partial charge in [-0.05, 0) is 20.0 Å². The van der Waals surface area contributed by atoms with E-state index in [9.17, 15) is 4.79 Å². The quantitative estimate of drug-likeness (QED) is 0.667. The van der Waals surface area contributed by atoms with Crippen molar-refractivity contribution >= 4 is 12.0 Å². The average Bonchev–Trinajstić information content (AvgIpc) is 3.00. The second kappa shape index (κ2) is 20.4. The highest BCUT2D eigenvalue weighted by molar-refractivity contribution is 5.81. The summed E-state index contributed by atoms with van der Waals surface area (Å²) in [6, 6.07) is 0. The first kappa shape index (κ1) is 24.2. The predicted octanol–water partition coefficient (Wildman–Crippen LogP) is 3.49. The van der Waals surface area contributed by atoms with Crippen molar-refractivity contribution in [3.63, 3.8) is 0 Å². The summed E-state index contributed by atoms with van der Waals surface area (Å²) in [7, 11) is 1.90. The first-order valence-corrected chi connectivity index (χ1v) is 7.26. The Hall–Kier alpha value is -1.88. The number of imidazole rings is 1. The lowest BCUT2D eigenvalue weighted by molar-refractivity contribution is -0.137. The van der Waals surface area contributed by atoms with Crippen LogP contribution in [0.4, 0.5) is 0 Å². The highest BCUT2D eigenvalue weighted by atomic mass is 16.5. The molecule has 21 heavy (non-hydrogen) atoms. The Kier molecular flexibility index (Phi) is 23.5. The van der Waals surface area contributed by atoms with Crippen LogP contribution in [0.2, 0.25) is 0 Å². The molecule has 0 bridgehead atoms. The minimum Gasteiger partial charge on any atom is -0.463 e. The van der Waals surface area contributed by atoms with Crippen LogP contribution in [-0.4, -0.2) is 29.2 Å². The van der Waals surface area contributed by atoms with E-state index in [0.29, 0.717) is 6.61 Å². The fraction of sp³-hybridized carbons (Fsp3) is 0.500. The SMILES string of the molecule is C=CC(=O)OCC.C=Cc1nccn1CNC.CC.CC. The Morgan fingerprint density at radius 2 is 1.95 bits per heavy atom. The minimum absolute atomic E-state index is 0.359. The van der Waals surface area contributed by atoms with Crippen LogP contribution in [0.15, 0.2) is 31.6 Å². The molecule has 5 nitrogen and oxygen atoms in total. The summed E-state index contributed by atoms with van der Waals surface area (Å²) in [4.78, 5) is 14.1. The molecule has 5 heteroatoms. The van der Waals surface area contributed by atoms with Crippen LogP contribution in [0.1, 0.15) is 40.4 Å². The maximum Gasteiger partial charge on any atom is 0.330 e. The third kappa shape index (κ3) is 14.3. The highest BCUT2D eigenvalue weighted by Gasteiger charge is 1.93. The van der Waals surface area contributed by atoms with Gasteiger partial charge in [0.15, 0.2) is 0 Å². The van der Waals surface area contributed by atoms with Crippen LogP contribution in [0.25, 0.3) is 6.08 Å². The summed E-state index contributed by atoms with van der Waals surface area (Å²) in [6.45, 7) is 17.8. The summed E-state index contributed by atoms with van der Waals surface area (Å²) < 4.78 is 6.41. The number of carbonyl (C=O) groups is 1. The zero-order valence-electron chi connectivity index (χ0n) is 14.3. The normalized spacial score (nSPS) is 7.71. The number of ether oxygens (including phenoxy) is 1. The van der Waals surface area contributed by atoms with Gasteiger partial charge in [0, 0.05) is 18.5 Å². The smallest absolute Gasteiger partial charge is 0.330 e. The highest BCUT2D eigenvalue weighted by Crippen LogP contribution is 1.96. The van der Waals surface area contributed by atoms with Gasteiger partial charge in [-0.25, -0.2) is 9.78 Å². The van der Waals surface area contributed by atoms with E-state index in [1.54, 1.807) is 19.2 Å². The maximum absolute atomic E-state index is 10.1. The molecule has 0 saturated heterocycles. The van der Waals surface area contributed by atoms with Crippen LogP contribution in [0.5, 0.6) is 0 Å². The van der Waals surface area contributed by atoms with E-state index in [2.05, 4.69) is 28.2 Å². The molecule has 0 unspecified atom stereocenters. The Morgan fingerprint density at radius 1 is 1.38 bits per heavy atom. The number of carbonyl (C=O) groups excluding carboxylic acids is 1. The van der Waals surface area contributed by atoms with Crippen molar-refractivity contribution < 1.29 is 9.53 Å². The minimum atomic E-state index is -0.359. The van der Waals surface area contributed by atoms with E-state index in [-0.39, 0.29) is 5.97 Å². The molecule has 0 aromatic carbocycles. The molecular weight excluding hydrogens is 266 g/mol. The standard InChI is InChI=1S/C7H11N3.C5H8O2.2C2H6/c1-3-7-9-4-5-10(7)6-8-2;1-3-5(6)7-4-2;2*1-2/h3-5,8H,1,6H2,2H3;3H,1,4H2,2H3;2*1-2H3. The van der Waals surface area contributed by atoms with Crippen molar-refractivity contribution in [3.8, 4) is 0 Å². The molecule has 1 N–H and O–H groups in total. The van der Waals surface area contributed by atoms with Crippen LogP contribution < -0.4 is 5.32 Å². The second-order valence-electron chi connectivity index (χ2n) is 2.93. The number of hydrogen-bond acceptors (Lipinski definition) is 4. The number of nitrogens with one attached hydrogen (secondary N) is 1. The van der Waals surface area contributed by atoms with Gasteiger partial charge in [0.1, 0.15) is 5.82 Å². The van der Waals surface area contributed by atoms with Crippen LogP contribution >= 0.6 is 0 Å². The molecule has 122 valence electrons. The van der Waals surface area contributed by atoms with E-state index < -0.39 is 0 Å². The van der Waals surface area contributed by atoms with Crippen molar-refractivity contribution in [1.82, 2.24) is 14.9 Å². The average molecular weight is 297 g/mol. The van der Waals surface area contributed by atoms with E-state index in [0.717, 1.165) is 18.6 Å². The third-order valence-electron chi connectivity index (χ3n) is 1.71. The monoisotopic (exact) mass is 297 g/mol. The molecule has 0 radical (unpaired) electrons. The zero-order chi connectivity index (χ0) is 17.1. The number of hydrogen-bond donors (Lipinski definition) is 1. The molecule has 0 atom stereocenters. The van der Waals surface area contributed by atoms with Gasteiger partial charge in [0.25, 0.3) is 0 Å². The summed E-state index contributed by atoms with van der Waals surface area (Å²) in [5.74, 6) is 0.539. The van der Waals surface area contributed by atoms with Crippen molar-refractivity contribution in [2.45, 2.75) is 41.3 Å². The van der Waals surface area contributed by atoms with Gasteiger partial charge in [-0.3, -0.25) is 0 Å². The van der Waals surface area contributed by atoms with E-state index in [4.69, 9.17) is 0 Å². The number of nitrogens with zero attached hydrogens (tertiary/aromatic N) is 2. The summed E-state index contributed by atoms with van der Waals surface area (Å²) in [6.07, 6.45) is 6.54. The second-order valence-corrected chi connectivity index (χ2v) is 2.93. The molecule has 1 aromatic rings. The summed E-state index contributed by atoms with van der Waals surface area (Å²) in [5.41, 5.74) is 0. The lowest BCUT2D eigenvalue weighted by Crippen LogP contribution is -2.13. The number of aromatic nitrogens is 2. The van der Waals surface area contributed by atoms with Gasteiger partial charge in [-0.2, -0.15) is 0 Å². The van der Waals surface area contributed by atoms with Gasteiger partial charge in [-0.1, -0.05) is 40.9 Å². The van der Waals surface area contributed by atoms with Gasteiger partial charge < -0.3 is 14.6 Å². The van der Waals surface area contributed by atoms with Crippen LogP contribution in [-0.2, 0) is 16.2 Å². The fourth-order valence-corrected chi connectivity index (χ4v) is 1.02. The summed E-state index contributed by atoms with van der Waals surface area (Å²) in [5, 5.41) is 3.02. The predicted molar refractivity (Wildman–Crippen MR) is 90.9 cm³/mol. The van der Waals surface area contributed by atoms with E-state index in [1.165, 1.54) is 0 Å². The van der Waals surface area contributed by atoms with E-state index in [1.807, 2.05) is 45.5 Å². The first-order chi connectivity index (χ1) is 10.2. The first-order valence-electron chi connectivity index (χ1n) is 7.26. The molecule has 1 heterocycles. The van der Waals surface area contributed by atoms with Gasteiger partial charge in [0.05, 0.1) is 13.3 Å². The molecule has 0 aliphatic heterocycles. The molecule has 0 spiro atoms. The molecular formula is C16H31N3O2. The molecule has 0 saturated carbocycles. The van der Waals surface area contributed by atoms with Crippen molar-refractivity contribution in [2.24, 2.45) is 0 Å². The molecule has 0 aliphatic rings. The molecule has 0 amide bonds. The molecule has 0 fully saturated rings. The lowest BCUT2D eigenvalue weighted by atomic mass is 10.6. The van der Waals surface area contributed by atoms with Crippen molar-refractivity contribution in [1.29, 1.82) is 0 Å². The Bertz CT molecular complexity index is 360. The lowest BCUT2D eigenvalue weighted by Gasteiger charge is -2.01. The fourth-order valence-electron chi connectivity index (χ4n) is 1.02. The van der Waals surface area contributed by atoms with E-state index >= 15 is 0 Å². The Morgan fingerprint density at radius 3 is 2.29 bits per heavy atom. The third-order valence-corrected chi connectivity index (χ3v) is 1.71. The summed E-state index contributed by atoms with van der Waals surface area (Å²) >= 11 is 0. The van der Waals surface area contributed by atoms with Crippen molar-refractivity contribution in [3.05, 3.63) is 37.5 Å². The molecule has 1 aromatic heterocycles. The number of rotatable bonds is 5. The van der Waals surface area contributed by atoms with Gasteiger partial charge >= 0.3 is 5.97 Å². The Labute approximate surface area is 129 Å². The van der Waals surface area contributed by atoms with Crippen molar-refractivity contribution in [2.75, 3.05) is 13.7 Å². The van der Waals surface area contributed by atoms with Crippen LogP contribution in [0, 0.1) is 0 Å². The van der Waals surface area contributed by atoms with Gasteiger partial charge in [0.2, 0.25) is 0 Å². The van der Waals surface area contributed by atoms with Crippen LogP contribution in [0.3, 0.4) is 0 Å². The number of esters is 1.